The van der Waals surface area contributed by atoms with E-state index in [0.29, 0.717) is 30.6 Å². The smallest absolute Gasteiger partial charge is 0.343 e. The van der Waals surface area contributed by atoms with Crippen molar-refractivity contribution in [1.29, 1.82) is 0 Å². The average molecular weight is 306 g/mol. The Labute approximate surface area is 130 Å². The van der Waals surface area contributed by atoms with E-state index in [4.69, 9.17) is 9.47 Å². The molecule has 3 rings (SSSR count). The molecule has 1 heterocycles. The Morgan fingerprint density at radius 1 is 1.45 bits per heavy atom. The predicted octanol–water partition coefficient (Wildman–Crippen LogP) is 2.10. The molecule has 120 valence electrons. The first-order chi connectivity index (χ1) is 10.2. The summed E-state index contributed by atoms with van der Waals surface area (Å²) in [6.07, 6.45) is 1.28. The minimum absolute atomic E-state index is 0.0519. The van der Waals surface area contributed by atoms with Crippen LogP contribution in [0.1, 0.15) is 40.0 Å². The lowest BCUT2D eigenvalue weighted by Crippen LogP contribution is -2.34. The van der Waals surface area contributed by atoms with Crippen LogP contribution in [0.4, 0.5) is 0 Å². The molecule has 3 aliphatic rings. The molecule has 0 spiro atoms. The van der Waals surface area contributed by atoms with Gasteiger partial charge in [0.25, 0.3) is 0 Å². The van der Waals surface area contributed by atoms with Gasteiger partial charge >= 0.3 is 11.9 Å². The van der Waals surface area contributed by atoms with E-state index in [1.165, 1.54) is 6.92 Å². The van der Waals surface area contributed by atoms with Gasteiger partial charge in [0, 0.05) is 31.3 Å². The molecule has 5 nitrogen and oxygen atoms in total. The van der Waals surface area contributed by atoms with Crippen molar-refractivity contribution < 1.29 is 24.2 Å². The molecular formula is C17H22O5. The van der Waals surface area contributed by atoms with Crippen LogP contribution in [0.15, 0.2) is 23.5 Å². The van der Waals surface area contributed by atoms with E-state index in [-0.39, 0.29) is 35.8 Å². The van der Waals surface area contributed by atoms with Crippen molar-refractivity contribution in [2.75, 3.05) is 0 Å². The fourth-order valence-electron chi connectivity index (χ4n) is 4.40. The Hall–Kier alpha value is -1.62. The van der Waals surface area contributed by atoms with Crippen molar-refractivity contribution in [3.8, 4) is 0 Å². The molecule has 2 aliphatic carbocycles. The maximum absolute atomic E-state index is 11.7. The molecule has 0 aromatic carbocycles. The number of allylic oxidation sites excluding steroid dienone is 1. The summed E-state index contributed by atoms with van der Waals surface area (Å²) in [5, 5.41) is 10.8. The van der Waals surface area contributed by atoms with Crippen molar-refractivity contribution in [3.05, 3.63) is 23.5 Å². The van der Waals surface area contributed by atoms with Crippen molar-refractivity contribution in [2.45, 2.75) is 51.7 Å². The largest absolute Gasteiger partial charge is 0.462 e. The van der Waals surface area contributed by atoms with Crippen LogP contribution >= 0.6 is 0 Å². The zero-order valence-corrected chi connectivity index (χ0v) is 13.2. The lowest BCUT2D eigenvalue weighted by Gasteiger charge is -2.31. The SMILES string of the molecule is C=C1C(=O)OC2=C1CC1C(C(C)C2)C(OC(C)=O)CC1(C)O. The molecule has 5 heteroatoms. The van der Waals surface area contributed by atoms with E-state index in [1.54, 1.807) is 6.92 Å². The lowest BCUT2D eigenvalue weighted by molar-refractivity contribution is -0.149. The summed E-state index contributed by atoms with van der Waals surface area (Å²) < 4.78 is 10.8. The number of fused-ring (bicyclic) bond motifs is 1. The minimum Gasteiger partial charge on any atom is -0.462 e. The Morgan fingerprint density at radius 2 is 2.14 bits per heavy atom. The number of hydrogen-bond acceptors (Lipinski definition) is 5. The van der Waals surface area contributed by atoms with Crippen LogP contribution in [0, 0.1) is 17.8 Å². The summed E-state index contributed by atoms with van der Waals surface area (Å²) in [6, 6.07) is 0. The van der Waals surface area contributed by atoms with Crippen LogP contribution in [0.25, 0.3) is 0 Å². The van der Waals surface area contributed by atoms with Gasteiger partial charge in [-0.25, -0.2) is 4.79 Å². The van der Waals surface area contributed by atoms with E-state index < -0.39 is 5.60 Å². The zero-order chi connectivity index (χ0) is 16.2. The number of aliphatic hydroxyl groups is 1. The Balaban J connectivity index is 1.95. The van der Waals surface area contributed by atoms with Gasteiger partial charge in [-0.2, -0.15) is 0 Å². The topological polar surface area (TPSA) is 72.8 Å². The van der Waals surface area contributed by atoms with Crippen LogP contribution in [0.5, 0.6) is 0 Å². The van der Waals surface area contributed by atoms with Gasteiger partial charge in [-0.3, -0.25) is 4.79 Å². The van der Waals surface area contributed by atoms with Gasteiger partial charge in [0.05, 0.1) is 11.2 Å². The van der Waals surface area contributed by atoms with Crippen LogP contribution < -0.4 is 0 Å². The molecule has 1 N–H and O–H groups in total. The Kier molecular flexibility index (Phi) is 3.44. The molecule has 0 saturated heterocycles. The van der Waals surface area contributed by atoms with Crippen LogP contribution in [0.2, 0.25) is 0 Å². The summed E-state index contributed by atoms with van der Waals surface area (Å²) in [6.45, 7) is 9.05. The van der Waals surface area contributed by atoms with E-state index in [0.717, 1.165) is 5.57 Å². The third-order valence-corrected chi connectivity index (χ3v) is 5.38. The summed E-state index contributed by atoms with van der Waals surface area (Å²) in [4.78, 5) is 23.1. The van der Waals surface area contributed by atoms with Gasteiger partial charge in [-0.05, 0) is 25.2 Å². The van der Waals surface area contributed by atoms with Crippen molar-refractivity contribution in [2.24, 2.45) is 17.8 Å². The lowest BCUT2D eigenvalue weighted by atomic mass is 9.77. The first-order valence-corrected chi connectivity index (χ1v) is 7.73. The van der Waals surface area contributed by atoms with E-state index >= 15 is 0 Å². The van der Waals surface area contributed by atoms with Gasteiger partial charge in [0.1, 0.15) is 11.9 Å². The highest BCUT2D eigenvalue weighted by molar-refractivity contribution is 5.96. The quantitative estimate of drug-likeness (QED) is 0.593. The van der Waals surface area contributed by atoms with Gasteiger partial charge in [0.15, 0.2) is 0 Å². The molecule has 1 fully saturated rings. The van der Waals surface area contributed by atoms with Gasteiger partial charge in [-0.15, -0.1) is 0 Å². The number of hydrogen-bond donors (Lipinski definition) is 1. The van der Waals surface area contributed by atoms with Crippen molar-refractivity contribution in [1.82, 2.24) is 0 Å². The number of esters is 2. The summed E-state index contributed by atoms with van der Waals surface area (Å²) in [7, 11) is 0. The highest BCUT2D eigenvalue weighted by atomic mass is 16.5. The third kappa shape index (κ3) is 2.28. The van der Waals surface area contributed by atoms with E-state index in [2.05, 4.69) is 13.5 Å². The molecule has 22 heavy (non-hydrogen) atoms. The first-order valence-electron chi connectivity index (χ1n) is 7.73. The van der Waals surface area contributed by atoms with Crippen molar-refractivity contribution >= 4 is 11.9 Å². The molecule has 0 bridgehead atoms. The molecule has 1 aliphatic heterocycles. The fourth-order valence-corrected chi connectivity index (χ4v) is 4.40. The maximum Gasteiger partial charge on any atom is 0.343 e. The second-order valence-corrected chi connectivity index (χ2v) is 7.05. The molecule has 5 atom stereocenters. The first kappa shape index (κ1) is 15.3. The van der Waals surface area contributed by atoms with Crippen molar-refractivity contribution in [3.63, 3.8) is 0 Å². The Bertz CT molecular complexity index is 586. The average Bonchev–Trinajstić information content (AvgIpc) is 2.71. The maximum atomic E-state index is 11.7. The van der Waals surface area contributed by atoms with E-state index in [9.17, 15) is 14.7 Å². The highest BCUT2D eigenvalue weighted by Gasteiger charge is 2.55. The van der Waals surface area contributed by atoms with Gasteiger partial charge in [0.2, 0.25) is 0 Å². The summed E-state index contributed by atoms with van der Waals surface area (Å²) >= 11 is 0. The molecule has 0 radical (unpaired) electrons. The monoisotopic (exact) mass is 306 g/mol. The van der Waals surface area contributed by atoms with E-state index in [1.807, 2.05) is 0 Å². The summed E-state index contributed by atoms with van der Waals surface area (Å²) in [5.41, 5.74) is 0.288. The number of carbonyl (C=O) groups is 2. The number of carbonyl (C=O) groups excluding carboxylic acids is 2. The number of rotatable bonds is 1. The standard InChI is InChI=1S/C17H22O5/c1-8-5-13-11(9(2)16(19)22-13)6-12-15(8)14(21-10(3)18)7-17(12,4)20/h8,12,14-15,20H,2,5-7H2,1,3-4H3. The Morgan fingerprint density at radius 3 is 2.77 bits per heavy atom. The normalized spacial score (nSPS) is 40.9. The molecule has 5 unspecified atom stereocenters. The second-order valence-electron chi connectivity index (χ2n) is 7.05. The summed E-state index contributed by atoms with van der Waals surface area (Å²) in [5.74, 6) is 0.0875. The predicted molar refractivity (Wildman–Crippen MR) is 78.4 cm³/mol. The second kappa shape index (κ2) is 4.95. The minimum atomic E-state index is -0.937. The third-order valence-electron chi connectivity index (χ3n) is 5.38. The number of ether oxygens (including phenoxy) is 2. The van der Waals surface area contributed by atoms with Gasteiger partial charge in [-0.1, -0.05) is 13.5 Å². The van der Waals surface area contributed by atoms with Crippen LogP contribution in [0.3, 0.4) is 0 Å². The molecular weight excluding hydrogens is 284 g/mol. The molecule has 0 aromatic rings. The van der Waals surface area contributed by atoms with Crippen LogP contribution in [-0.4, -0.2) is 28.8 Å². The molecule has 0 amide bonds. The molecule has 1 saturated carbocycles. The molecule has 0 aromatic heterocycles. The zero-order valence-electron chi connectivity index (χ0n) is 13.2. The highest BCUT2D eigenvalue weighted by Crippen LogP contribution is 2.53. The fraction of sp³-hybridized carbons (Fsp3) is 0.647. The van der Waals surface area contributed by atoms with Crippen LogP contribution in [-0.2, 0) is 19.1 Å². The van der Waals surface area contributed by atoms with Gasteiger partial charge < -0.3 is 14.6 Å².